The number of hydrogen-bond acceptors (Lipinski definition) is 4. The average molecular weight is 330 g/mol. The van der Waals surface area contributed by atoms with E-state index < -0.39 is 0 Å². The van der Waals surface area contributed by atoms with E-state index >= 15 is 0 Å². The van der Waals surface area contributed by atoms with Crippen LogP contribution in [0, 0.1) is 5.82 Å². The Labute approximate surface area is 144 Å². The third-order valence-corrected chi connectivity index (χ3v) is 4.07. The largest absolute Gasteiger partial charge is 0.329 e. The molecule has 0 aliphatic heterocycles. The monoisotopic (exact) mass is 330 g/mol. The SMILES string of the molecule is CN(c1cccc(F)c1)c1nc(-c2ccncc2)cc2ncccc12. The molecular weight excluding hydrogens is 315 g/mol. The maximum atomic E-state index is 13.6. The van der Waals surface area contributed by atoms with E-state index in [4.69, 9.17) is 4.98 Å². The zero-order chi connectivity index (χ0) is 17.2. The Hall–Kier alpha value is -3.34. The van der Waals surface area contributed by atoms with Crippen molar-refractivity contribution in [2.75, 3.05) is 11.9 Å². The number of anilines is 2. The van der Waals surface area contributed by atoms with E-state index in [1.807, 2.05) is 48.3 Å². The number of aromatic nitrogens is 3. The molecule has 0 saturated carbocycles. The molecule has 0 spiro atoms. The Balaban J connectivity index is 1.92. The topological polar surface area (TPSA) is 41.9 Å². The quantitative estimate of drug-likeness (QED) is 0.550. The minimum absolute atomic E-state index is 0.280. The van der Waals surface area contributed by atoms with Gasteiger partial charge in [-0.15, -0.1) is 0 Å². The van der Waals surface area contributed by atoms with Crippen LogP contribution in [0.5, 0.6) is 0 Å². The van der Waals surface area contributed by atoms with Crippen LogP contribution in [-0.4, -0.2) is 22.0 Å². The third kappa shape index (κ3) is 2.92. The smallest absolute Gasteiger partial charge is 0.142 e. The Morgan fingerprint density at radius 2 is 1.76 bits per heavy atom. The van der Waals surface area contributed by atoms with Gasteiger partial charge in [-0.25, -0.2) is 9.37 Å². The summed E-state index contributed by atoms with van der Waals surface area (Å²) in [6.45, 7) is 0. The van der Waals surface area contributed by atoms with E-state index in [1.165, 1.54) is 12.1 Å². The second-order valence-electron chi connectivity index (χ2n) is 5.68. The van der Waals surface area contributed by atoms with E-state index in [0.717, 1.165) is 33.7 Å². The first-order valence-corrected chi connectivity index (χ1v) is 7.88. The van der Waals surface area contributed by atoms with Gasteiger partial charge in [0.25, 0.3) is 0 Å². The van der Waals surface area contributed by atoms with Gasteiger partial charge >= 0.3 is 0 Å². The predicted molar refractivity (Wildman–Crippen MR) is 97.2 cm³/mol. The molecule has 0 N–H and O–H groups in total. The molecule has 5 heteroatoms. The lowest BCUT2D eigenvalue weighted by molar-refractivity contribution is 0.628. The Kier molecular flexibility index (Phi) is 3.82. The summed E-state index contributed by atoms with van der Waals surface area (Å²) in [5.41, 5.74) is 3.32. The van der Waals surface area contributed by atoms with Crippen molar-refractivity contribution < 1.29 is 4.39 Å². The summed E-state index contributed by atoms with van der Waals surface area (Å²) < 4.78 is 13.6. The normalized spacial score (nSPS) is 10.8. The number of hydrogen-bond donors (Lipinski definition) is 0. The minimum atomic E-state index is -0.280. The van der Waals surface area contributed by atoms with Crippen molar-refractivity contribution in [1.29, 1.82) is 0 Å². The van der Waals surface area contributed by atoms with Crippen molar-refractivity contribution in [2.45, 2.75) is 0 Å². The van der Waals surface area contributed by atoms with Crippen molar-refractivity contribution in [3.63, 3.8) is 0 Å². The average Bonchev–Trinajstić information content (AvgIpc) is 2.67. The van der Waals surface area contributed by atoms with Crippen LogP contribution in [0.3, 0.4) is 0 Å². The number of halogens is 1. The van der Waals surface area contributed by atoms with E-state index in [2.05, 4.69) is 9.97 Å². The molecule has 4 aromatic rings. The molecule has 0 amide bonds. The van der Waals surface area contributed by atoms with Crippen LogP contribution < -0.4 is 4.90 Å². The molecule has 0 bridgehead atoms. The van der Waals surface area contributed by atoms with Gasteiger partial charge in [0.2, 0.25) is 0 Å². The van der Waals surface area contributed by atoms with E-state index in [-0.39, 0.29) is 5.82 Å². The van der Waals surface area contributed by atoms with Crippen LogP contribution in [0.2, 0.25) is 0 Å². The number of rotatable bonds is 3. The second-order valence-corrected chi connectivity index (χ2v) is 5.68. The molecule has 0 aliphatic rings. The molecule has 0 radical (unpaired) electrons. The fourth-order valence-corrected chi connectivity index (χ4v) is 2.79. The van der Waals surface area contributed by atoms with Gasteiger partial charge in [-0.05, 0) is 48.5 Å². The minimum Gasteiger partial charge on any atom is -0.329 e. The highest BCUT2D eigenvalue weighted by atomic mass is 19.1. The van der Waals surface area contributed by atoms with Crippen LogP contribution in [0.4, 0.5) is 15.9 Å². The fraction of sp³-hybridized carbons (Fsp3) is 0.0500. The van der Waals surface area contributed by atoms with Crippen LogP contribution in [0.1, 0.15) is 0 Å². The highest BCUT2D eigenvalue weighted by Gasteiger charge is 2.14. The Bertz CT molecular complexity index is 1030. The molecule has 122 valence electrons. The summed E-state index contributed by atoms with van der Waals surface area (Å²) >= 11 is 0. The van der Waals surface area contributed by atoms with Crippen molar-refractivity contribution in [2.24, 2.45) is 0 Å². The molecule has 3 aromatic heterocycles. The van der Waals surface area contributed by atoms with Crippen molar-refractivity contribution in [1.82, 2.24) is 15.0 Å². The molecule has 3 heterocycles. The lowest BCUT2D eigenvalue weighted by Crippen LogP contribution is -2.12. The van der Waals surface area contributed by atoms with Crippen LogP contribution in [-0.2, 0) is 0 Å². The molecule has 0 fully saturated rings. The zero-order valence-electron chi connectivity index (χ0n) is 13.6. The second kappa shape index (κ2) is 6.28. The lowest BCUT2D eigenvalue weighted by atomic mass is 10.1. The molecule has 1 aromatic carbocycles. The number of pyridine rings is 3. The zero-order valence-corrected chi connectivity index (χ0v) is 13.6. The van der Waals surface area contributed by atoms with E-state index in [9.17, 15) is 4.39 Å². The van der Waals surface area contributed by atoms with Gasteiger partial charge in [0.05, 0.1) is 11.2 Å². The van der Waals surface area contributed by atoms with E-state index in [1.54, 1.807) is 24.7 Å². The summed E-state index contributed by atoms with van der Waals surface area (Å²) in [6, 6.07) is 16.1. The molecule has 4 rings (SSSR count). The summed E-state index contributed by atoms with van der Waals surface area (Å²) in [5, 5.41) is 0.909. The summed E-state index contributed by atoms with van der Waals surface area (Å²) in [4.78, 5) is 15.2. The van der Waals surface area contributed by atoms with Crippen molar-refractivity contribution in [3.8, 4) is 11.3 Å². The third-order valence-electron chi connectivity index (χ3n) is 4.07. The van der Waals surface area contributed by atoms with Crippen LogP contribution in [0.15, 0.2) is 73.2 Å². The molecule has 0 unspecified atom stereocenters. The Morgan fingerprint density at radius 3 is 2.56 bits per heavy atom. The number of nitrogens with zero attached hydrogens (tertiary/aromatic N) is 4. The Morgan fingerprint density at radius 1 is 0.920 bits per heavy atom. The number of benzene rings is 1. The predicted octanol–water partition coefficient (Wildman–Crippen LogP) is 4.60. The lowest BCUT2D eigenvalue weighted by Gasteiger charge is -2.21. The molecule has 0 saturated heterocycles. The highest BCUT2D eigenvalue weighted by Crippen LogP contribution is 2.32. The van der Waals surface area contributed by atoms with Crippen molar-refractivity contribution in [3.05, 3.63) is 79.0 Å². The molecule has 25 heavy (non-hydrogen) atoms. The molecule has 0 aliphatic carbocycles. The maximum Gasteiger partial charge on any atom is 0.142 e. The summed E-state index contributed by atoms with van der Waals surface area (Å²) in [5.74, 6) is 0.445. The summed E-state index contributed by atoms with van der Waals surface area (Å²) in [7, 11) is 1.87. The molecule has 4 nitrogen and oxygen atoms in total. The standard InChI is InChI=1S/C20H15FN4/c1-25(16-5-2-4-15(21)12-16)20-17-6-3-9-23-19(17)13-18(24-20)14-7-10-22-11-8-14/h2-13H,1H3. The van der Waals surface area contributed by atoms with Gasteiger partial charge in [0, 0.05) is 42.3 Å². The fourth-order valence-electron chi connectivity index (χ4n) is 2.79. The van der Waals surface area contributed by atoms with Crippen LogP contribution >= 0.6 is 0 Å². The molecule has 0 atom stereocenters. The maximum absolute atomic E-state index is 13.6. The molecular formula is C20H15FN4. The van der Waals surface area contributed by atoms with Crippen molar-refractivity contribution >= 4 is 22.4 Å². The van der Waals surface area contributed by atoms with Gasteiger partial charge < -0.3 is 4.90 Å². The first-order valence-electron chi connectivity index (χ1n) is 7.88. The highest BCUT2D eigenvalue weighted by molar-refractivity contribution is 5.94. The van der Waals surface area contributed by atoms with E-state index in [0.29, 0.717) is 0 Å². The van der Waals surface area contributed by atoms with Gasteiger partial charge in [-0.3, -0.25) is 9.97 Å². The van der Waals surface area contributed by atoms with Gasteiger partial charge in [-0.1, -0.05) is 6.07 Å². The summed E-state index contributed by atoms with van der Waals surface area (Å²) in [6.07, 6.45) is 5.22. The van der Waals surface area contributed by atoms with Gasteiger partial charge in [-0.2, -0.15) is 0 Å². The van der Waals surface area contributed by atoms with Gasteiger partial charge in [0.15, 0.2) is 0 Å². The first kappa shape index (κ1) is 15.2. The first-order chi connectivity index (χ1) is 12.2. The number of fused-ring (bicyclic) bond motifs is 1. The van der Waals surface area contributed by atoms with Crippen LogP contribution in [0.25, 0.3) is 22.2 Å². The van der Waals surface area contributed by atoms with Gasteiger partial charge in [0.1, 0.15) is 11.6 Å².